The van der Waals surface area contributed by atoms with Gasteiger partial charge in [-0.1, -0.05) is 26.3 Å². The van der Waals surface area contributed by atoms with Crippen molar-refractivity contribution >= 4 is 17.3 Å². The molecule has 0 spiro atoms. The van der Waals surface area contributed by atoms with Gasteiger partial charge in [0.2, 0.25) is 11.7 Å². The van der Waals surface area contributed by atoms with Crippen molar-refractivity contribution in [1.82, 2.24) is 24.3 Å². The van der Waals surface area contributed by atoms with Crippen LogP contribution in [0.3, 0.4) is 0 Å². The van der Waals surface area contributed by atoms with Crippen LogP contribution in [0.4, 0.5) is 10.3 Å². The molecule has 0 saturated carbocycles. The highest BCUT2D eigenvalue weighted by atomic mass is 19.1. The Morgan fingerprint density at radius 1 is 1.22 bits per heavy atom. The van der Waals surface area contributed by atoms with Crippen LogP contribution in [0.1, 0.15) is 49.9 Å². The second kappa shape index (κ2) is 7.06. The first-order valence-corrected chi connectivity index (χ1v) is 9.40. The second-order valence-electron chi connectivity index (χ2n) is 6.96. The Balaban J connectivity index is 1.53. The molecule has 3 heterocycles. The van der Waals surface area contributed by atoms with Crippen LogP contribution < -0.4 is 5.32 Å². The quantitative estimate of drug-likeness (QED) is 0.688. The van der Waals surface area contributed by atoms with Crippen LogP contribution in [-0.4, -0.2) is 36.6 Å². The molecule has 0 amide bonds. The molecule has 0 bridgehead atoms. The van der Waals surface area contributed by atoms with Gasteiger partial charge in [-0.3, -0.25) is 4.40 Å². The molecule has 140 valence electrons. The van der Waals surface area contributed by atoms with Crippen molar-refractivity contribution in [2.24, 2.45) is 0 Å². The summed E-state index contributed by atoms with van der Waals surface area (Å²) in [6.07, 6.45) is 13.9. The van der Waals surface area contributed by atoms with E-state index in [9.17, 15) is 4.39 Å². The predicted octanol–water partition coefficient (Wildman–Crippen LogP) is 3.84. The van der Waals surface area contributed by atoms with E-state index in [1.54, 1.807) is 6.20 Å². The summed E-state index contributed by atoms with van der Waals surface area (Å²) in [5.74, 6) is 1.16. The second-order valence-corrected chi connectivity index (χ2v) is 6.96. The first-order valence-electron chi connectivity index (χ1n) is 9.40. The van der Waals surface area contributed by atoms with Crippen LogP contribution in [0.15, 0.2) is 37.1 Å². The van der Waals surface area contributed by atoms with Crippen molar-refractivity contribution in [2.75, 3.05) is 11.9 Å². The average molecular weight is 366 g/mol. The predicted molar refractivity (Wildman–Crippen MR) is 103 cm³/mol. The normalized spacial score (nSPS) is 15.4. The standard InChI is InChI=1S/C20H23FN6/c1-3-7-20(21,4-2)13-25-18-23-11-16-15(5-6-17(16)26-18)14-10-24-19-22-8-9-27(19)12-14/h5,8-12H,3-4,6-7,13H2,1-2H3,(H,23,25,26). The summed E-state index contributed by atoms with van der Waals surface area (Å²) in [4.78, 5) is 17.6. The SMILES string of the molecule is CCCC(F)(CC)CNc1ncc2c(n1)CC=C2c1cnc2nccn2c1. The lowest BCUT2D eigenvalue weighted by molar-refractivity contribution is 0.158. The molecule has 3 aromatic heterocycles. The molecule has 0 saturated heterocycles. The van der Waals surface area contributed by atoms with Crippen molar-refractivity contribution in [2.45, 2.75) is 45.2 Å². The zero-order valence-electron chi connectivity index (χ0n) is 15.6. The van der Waals surface area contributed by atoms with Crippen molar-refractivity contribution in [3.8, 4) is 0 Å². The molecular formula is C20H23FN6. The Labute approximate surface area is 157 Å². The molecule has 4 rings (SSSR count). The monoisotopic (exact) mass is 366 g/mol. The molecule has 0 aromatic carbocycles. The van der Waals surface area contributed by atoms with Crippen LogP contribution in [0.25, 0.3) is 11.4 Å². The van der Waals surface area contributed by atoms with Crippen LogP contribution in [0.5, 0.6) is 0 Å². The van der Waals surface area contributed by atoms with Crippen LogP contribution in [0, 0.1) is 0 Å². The maximum atomic E-state index is 14.7. The number of imidazole rings is 1. The van der Waals surface area contributed by atoms with Crippen molar-refractivity contribution in [3.05, 3.63) is 53.9 Å². The molecule has 3 aromatic rings. The molecule has 1 aliphatic rings. The van der Waals surface area contributed by atoms with Crippen LogP contribution in [0.2, 0.25) is 0 Å². The summed E-state index contributed by atoms with van der Waals surface area (Å²) in [5.41, 5.74) is 2.80. The number of aromatic nitrogens is 5. The first-order chi connectivity index (χ1) is 13.1. The number of hydrogen-bond donors (Lipinski definition) is 1. The summed E-state index contributed by atoms with van der Waals surface area (Å²) in [7, 11) is 0. The van der Waals surface area contributed by atoms with Gasteiger partial charge >= 0.3 is 0 Å². The van der Waals surface area contributed by atoms with Gasteiger partial charge in [-0.15, -0.1) is 0 Å². The van der Waals surface area contributed by atoms with Crippen molar-refractivity contribution in [3.63, 3.8) is 0 Å². The molecule has 0 radical (unpaired) electrons. The molecule has 1 atom stereocenters. The van der Waals surface area contributed by atoms with Gasteiger partial charge in [-0.25, -0.2) is 24.3 Å². The van der Waals surface area contributed by atoms with Gasteiger partial charge in [0.1, 0.15) is 5.67 Å². The van der Waals surface area contributed by atoms with E-state index in [0.29, 0.717) is 24.6 Å². The Morgan fingerprint density at radius 2 is 2.11 bits per heavy atom. The third-order valence-electron chi connectivity index (χ3n) is 5.11. The Bertz CT molecular complexity index is 995. The van der Waals surface area contributed by atoms with E-state index in [1.165, 1.54) is 0 Å². The molecule has 1 unspecified atom stereocenters. The zero-order chi connectivity index (χ0) is 18.9. The Kier molecular flexibility index (Phi) is 4.59. The van der Waals surface area contributed by atoms with E-state index in [0.717, 1.165) is 35.2 Å². The molecule has 0 fully saturated rings. The number of alkyl halides is 1. The van der Waals surface area contributed by atoms with Gasteiger partial charge in [0.15, 0.2) is 0 Å². The van der Waals surface area contributed by atoms with Gasteiger partial charge in [-0.05, 0) is 18.4 Å². The van der Waals surface area contributed by atoms with E-state index in [4.69, 9.17) is 0 Å². The van der Waals surface area contributed by atoms with Crippen molar-refractivity contribution in [1.29, 1.82) is 0 Å². The van der Waals surface area contributed by atoms with E-state index in [-0.39, 0.29) is 6.54 Å². The molecule has 7 heteroatoms. The highest BCUT2D eigenvalue weighted by molar-refractivity contribution is 5.83. The maximum Gasteiger partial charge on any atom is 0.233 e. The highest BCUT2D eigenvalue weighted by Crippen LogP contribution is 2.31. The number of nitrogens with zero attached hydrogens (tertiary/aromatic N) is 5. The number of hydrogen-bond acceptors (Lipinski definition) is 5. The summed E-state index contributed by atoms with van der Waals surface area (Å²) < 4.78 is 16.6. The molecule has 0 aliphatic heterocycles. The highest BCUT2D eigenvalue weighted by Gasteiger charge is 2.27. The zero-order valence-corrected chi connectivity index (χ0v) is 15.6. The maximum absolute atomic E-state index is 14.7. The number of fused-ring (bicyclic) bond motifs is 2. The topological polar surface area (TPSA) is 68.0 Å². The number of halogens is 1. The van der Waals surface area contributed by atoms with Crippen LogP contribution in [-0.2, 0) is 6.42 Å². The fourth-order valence-corrected chi connectivity index (χ4v) is 3.50. The number of anilines is 1. The molecular weight excluding hydrogens is 343 g/mol. The first kappa shape index (κ1) is 17.6. The fourth-order valence-electron chi connectivity index (χ4n) is 3.50. The molecule has 6 nitrogen and oxygen atoms in total. The minimum atomic E-state index is -1.22. The minimum absolute atomic E-state index is 0.234. The third kappa shape index (κ3) is 3.41. The fraction of sp³-hybridized carbons (Fsp3) is 0.400. The average Bonchev–Trinajstić information content (AvgIpc) is 3.32. The van der Waals surface area contributed by atoms with E-state index in [1.807, 2.05) is 43.0 Å². The largest absolute Gasteiger partial charge is 0.351 e. The van der Waals surface area contributed by atoms with Gasteiger partial charge in [0.25, 0.3) is 0 Å². The van der Waals surface area contributed by atoms with Crippen LogP contribution >= 0.6 is 0 Å². The lowest BCUT2D eigenvalue weighted by Gasteiger charge is -2.23. The summed E-state index contributed by atoms with van der Waals surface area (Å²) >= 11 is 0. The summed E-state index contributed by atoms with van der Waals surface area (Å²) in [5, 5.41) is 3.08. The minimum Gasteiger partial charge on any atom is -0.351 e. The van der Waals surface area contributed by atoms with Gasteiger partial charge in [0.05, 0.1) is 12.2 Å². The van der Waals surface area contributed by atoms with Gasteiger partial charge < -0.3 is 5.32 Å². The molecule has 1 N–H and O–H groups in total. The van der Waals surface area contributed by atoms with Crippen molar-refractivity contribution < 1.29 is 4.39 Å². The Morgan fingerprint density at radius 3 is 2.93 bits per heavy atom. The summed E-state index contributed by atoms with van der Waals surface area (Å²) in [6.45, 7) is 4.11. The van der Waals surface area contributed by atoms with Gasteiger partial charge in [0, 0.05) is 48.5 Å². The van der Waals surface area contributed by atoms with E-state index in [2.05, 4.69) is 31.3 Å². The smallest absolute Gasteiger partial charge is 0.233 e. The van der Waals surface area contributed by atoms with E-state index >= 15 is 0 Å². The Hall–Kier alpha value is -2.83. The lowest BCUT2D eigenvalue weighted by atomic mass is 9.97. The third-order valence-corrected chi connectivity index (χ3v) is 5.11. The number of nitrogens with one attached hydrogen (secondary N) is 1. The molecule has 27 heavy (non-hydrogen) atoms. The lowest BCUT2D eigenvalue weighted by Crippen LogP contribution is -2.32. The summed E-state index contributed by atoms with van der Waals surface area (Å²) in [6, 6.07) is 0. The number of rotatable bonds is 7. The number of allylic oxidation sites excluding steroid dienone is 1. The molecule has 1 aliphatic carbocycles. The van der Waals surface area contributed by atoms with Gasteiger partial charge in [-0.2, -0.15) is 0 Å². The van der Waals surface area contributed by atoms with E-state index < -0.39 is 5.67 Å².